The van der Waals surface area contributed by atoms with Crippen molar-refractivity contribution in [1.82, 2.24) is 4.98 Å². The Bertz CT molecular complexity index is 651. The zero-order valence-electron chi connectivity index (χ0n) is 9.39. The number of nitrogens with zero attached hydrogens (tertiary/aromatic N) is 2. The van der Waals surface area contributed by atoms with Crippen LogP contribution in [0, 0.1) is 11.3 Å². The molecule has 0 fully saturated rings. The van der Waals surface area contributed by atoms with Crippen LogP contribution in [-0.2, 0) is 4.79 Å². The van der Waals surface area contributed by atoms with Gasteiger partial charge in [0.15, 0.2) is 5.13 Å². The number of thiazole rings is 1. The maximum Gasteiger partial charge on any atom is 0.288 e. The Morgan fingerprint density at radius 1 is 1.58 bits per heavy atom. The molecule has 2 rings (SSSR count). The van der Waals surface area contributed by atoms with Crippen LogP contribution in [0.25, 0.3) is 10.2 Å². The number of anilines is 1. The fourth-order valence-electron chi connectivity index (χ4n) is 1.37. The lowest BCUT2D eigenvalue weighted by molar-refractivity contribution is -0.115. The summed E-state index contributed by atoms with van der Waals surface area (Å²) in [5.74, 6) is -2.91. The molecule has 1 amide bonds. The third kappa shape index (κ3) is 3.62. The maximum absolute atomic E-state index is 12.2. The summed E-state index contributed by atoms with van der Waals surface area (Å²) in [6.07, 6.45) is -0.248. The van der Waals surface area contributed by atoms with E-state index >= 15 is 0 Å². The smallest absolute Gasteiger partial charge is 0.288 e. The van der Waals surface area contributed by atoms with E-state index in [9.17, 15) is 13.6 Å². The first-order valence-electron chi connectivity index (χ1n) is 5.10. The second-order valence-corrected chi connectivity index (χ2v) is 5.50. The largest absolute Gasteiger partial charge is 0.301 e. The van der Waals surface area contributed by atoms with E-state index in [-0.39, 0.29) is 6.42 Å². The third-order valence-corrected chi connectivity index (χ3v) is 3.71. The first-order valence-corrected chi connectivity index (χ1v) is 6.80. The van der Waals surface area contributed by atoms with Crippen molar-refractivity contribution in [3.63, 3.8) is 0 Å². The van der Waals surface area contributed by atoms with Crippen molar-refractivity contribution >= 4 is 44.4 Å². The molecule has 98 valence electrons. The summed E-state index contributed by atoms with van der Waals surface area (Å²) in [6.45, 7) is 0. The summed E-state index contributed by atoms with van der Waals surface area (Å²) < 4.78 is 25.2. The summed E-state index contributed by atoms with van der Waals surface area (Å²) in [6, 6.07) is 6.51. The standard InChI is InChI=1S/C11H7F2N3OS2/c12-10(13)18-6-1-2-7-8(5-6)19-11(15-7)16-9(17)3-4-14/h1-2,5,10H,3H2,(H,15,16,17). The molecule has 1 aromatic heterocycles. The fraction of sp³-hybridized carbons (Fsp3) is 0.182. The van der Waals surface area contributed by atoms with Gasteiger partial charge in [-0.05, 0) is 18.2 Å². The van der Waals surface area contributed by atoms with Gasteiger partial charge < -0.3 is 5.32 Å². The minimum atomic E-state index is -2.47. The van der Waals surface area contributed by atoms with Gasteiger partial charge in [-0.2, -0.15) is 14.0 Å². The van der Waals surface area contributed by atoms with Gasteiger partial charge in [-0.25, -0.2) is 4.98 Å². The van der Waals surface area contributed by atoms with Crippen molar-refractivity contribution in [3.8, 4) is 6.07 Å². The average molecular weight is 299 g/mol. The number of alkyl halides is 2. The van der Waals surface area contributed by atoms with Crippen molar-refractivity contribution in [2.24, 2.45) is 0 Å². The lowest BCUT2D eigenvalue weighted by Crippen LogP contribution is -2.09. The van der Waals surface area contributed by atoms with E-state index in [1.54, 1.807) is 24.3 Å². The van der Waals surface area contributed by atoms with Crippen LogP contribution in [0.5, 0.6) is 0 Å². The van der Waals surface area contributed by atoms with Crippen LogP contribution in [0.1, 0.15) is 6.42 Å². The first-order chi connectivity index (χ1) is 9.08. The summed E-state index contributed by atoms with van der Waals surface area (Å²) in [7, 11) is 0. The molecule has 1 aromatic carbocycles. The van der Waals surface area contributed by atoms with Gasteiger partial charge in [0.1, 0.15) is 6.42 Å². The number of rotatable bonds is 4. The molecule has 1 N–H and O–H groups in total. The molecule has 0 saturated carbocycles. The second kappa shape index (κ2) is 5.95. The van der Waals surface area contributed by atoms with E-state index in [2.05, 4.69) is 10.3 Å². The van der Waals surface area contributed by atoms with Crippen molar-refractivity contribution < 1.29 is 13.6 Å². The van der Waals surface area contributed by atoms with Crippen molar-refractivity contribution in [1.29, 1.82) is 5.26 Å². The zero-order valence-corrected chi connectivity index (χ0v) is 11.0. The van der Waals surface area contributed by atoms with Crippen LogP contribution >= 0.6 is 23.1 Å². The maximum atomic E-state index is 12.2. The number of thioether (sulfide) groups is 1. The molecule has 0 spiro atoms. The van der Waals surface area contributed by atoms with Gasteiger partial charge in [0, 0.05) is 4.90 Å². The first kappa shape index (κ1) is 13.7. The Labute approximate surface area is 115 Å². The number of nitrogens with one attached hydrogen (secondary N) is 1. The molecule has 4 nitrogen and oxygen atoms in total. The van der Waals surface area contributed by atoms with Gasteiger partial charge in [0.05, 0.1) is 16.3 Å². The Hall–Kier alpha value is -1.72. The molecule has 8 heteroatoms. The SMILES string of the molecule is N#CCC(=O)Nc1nc2ccc(SC(F)F)cc2s1. The Morgan fingerprint density at radius 3 is 3.05 bits per heavy atom. The monoisotopic (exact) mass is 299 g/mol. The van der Waals surface area contributed by atoms with Gasteiger partial charge in [0.25, 0.3) is 5.76 Å². The van der Waals surface area contributed by atoms with Crippen molar-refractivity contribution in [3.05, 3.63) is 18.2 Å². The minimum absolute atomic E-state index is 0.248. The number of hydrogen-bond acceptors (Lipinski definition) is 5. The Kier molecular flexibility index (Phi) is 4.29. The number of carbonyl (C=O) groups is 1. The molecule has 0 radical (unpaired) electrons. The van der Waals surface area contributed by atoms with Gasteiger partial charge >= 0.3 is 0 Å². The van der Waals surface area contributed by atoms with E-state index < -0.39 is 11.7 Å². The highest BCUT2D eigenvalue weighted by Crippen LogP contribution is 2.32. The number of hydrogen-bond donors (Lipinski definition) is 1. The number of amides is 1. The van der Waals surface area contributed by atoms with Gasteiger partial charge in [0.2, 0.25) is 5.91 Å². The van der Waals surface area contributed by atoms with E-state index in [0.29, 0.717) is 32.0 Å². The summed E-state index contributed by atoms with van der Waals surface area (Å²) in [5.41, 5.74) is 0.621. The van der Waals surface area contributed by atoms with Crippen LogP contribution in [0.15, 0.2) is 23.1 Å². The molecule has 2 aromatic rings. The molecule has 0 atom stereocenters. The Balaban J connectivity index is 2.21. The van der Waals surface area contributed by atoms with Crippen molar-refractivity contribution in [2.45, 2.75) is 17.1 Å². The fourth-order valence-corrected chi connectivity index (χ4v) is 2.90. The summed E-state index contributed by atoms with van der Waals surface area (Å²) >= 11 is 1.64. The number of halogens is 2. The van der Waals surface area contributed by atoms with Gasteiger partial charge in [-0.3, -0.25) is 4.79 Å². The number of fused-ring (bicyclic) bond motifs is 1. The lowest BCUT2D eigenvalue weighted by atomic mass is 10.3. The van der Waals surface area contributed by atoms with E-state index in [1.807, 2.05) is 0 Å². The van der Waals surface area contributed by atoms with E-state index in [0.717, 1.165) is 0 Å². The van der Waals surface area contributed by atoms with Crippen LogP contribution in [-0.4, -0.2) is 16.6 Å². The van der Waals surface area contributed by atoms with Crippen LogP contribution in [0.2, 0.25) is 0 Å². The topological polar surface area (TPSA) is 65.8 Å². The number of nitriles is 1. The molecule has 19 heavy (non-hydrogen) atoms. The highest BCUT2D eigenvalue weighted by Gasteiger charge is 2.10. The molecule has 0 aliphatic carbocycles. The van der Waals surface area contributed by atoms with Crippen LogP contribution < -0.4 is 5.32 Å². The molecule has 0 bridgehead atoms. The predicted molar refractivity (Wildman–Crippen MR) is 70.3 cm³/mol. The lowest BCUT2D eigenvalue weighted by Gasteiger charge is -1.98. The number of aromatic nitrogens is 1. The summed E-state index contributed by atoms with van der Waals surface area (Å²) in [4.78, 5) is 15.8. The molecule has 1 heterocycles. The molecule has 0 aliphatic rings. The normalized spacial score (nSPS) is 10.6. The molecular weight excluding hydrogens is 292 g/mol. The van der Waals surface area contributed by atoms with Gasteiger partial charge in [-0.15, -0.1) is 0 Å². The molecular formula is C11H7F2N3OS2. The molecule has 0 unspecified atom stereocenters. The highest BCUT2D eigenvalue weighted by molar-refractivity contribution is 7.99. The van der Waals surface area contributed by atoms with E-state index in [1.165, 1.54) is 11.3 Å². The van der Waals surface area contributed by atoms with Crippen LogP contribution in [0.4, 0.5) is 13.9 Å². The quantitative estimate of drug-likeness (QED) is 0.878. The number of benzene rings is 1. The number of carbonyl (C=O) groups excluding carboxylic acids is 1. The van der Waals surface area contributed by atoms with E-state index in [4.69, 9.17) is 5.26 Å². The van der Waals surface area contributed by atoms with Crippen molar-refractivity contribution in [2.75, 3.05) is 5.32 Å². The van der Waals surface area contributed by atoms with Gasteiger partial charge in [-0.1, -0.05) is 23.1 Å². The average Bonchev–Trinajstić information content (AvgIpc) is 2.69. The minimum Gasteiger partial charge on any atom is -0.301 e. The summed E-state index contributed by atoms with van der Waals surface area (Å²) in [5, 5.41) is 11.2. The third-order valence-electron chi connectivity index (χ3n) is 2.07. The molecule has 0 aliphatic heterocycles. The van der Waals surface area contributed by atoms with Crippen LogP contribution in [0.3, 0.4) is 0 Å². The zero-order chi connectivity index (χ0) is 13.8. The predicted octanol–water partition coefficient (Wildman–Crippen LogP) is 3.46. The second-order valence-electron chi connectivity index (χ2n) is 3.41. The molecule has 0 saturated heterocycles. The highest BCUT2D eigenvalue weighted by atomic mass is 32.2. The Morgan fingerprint density at radius 2 is 2.37 bits per heavy atom.